The van der Waals surface area contributed by atoms with Crippen LogP contribution in [0.1, 0.15) is 28.8 Å². The first-order valence-corrected chi connectivity index (χ1v) is 9.58. The van der Waals surface area contributed by atoms with Gasteiger partial charge in [0.2, 0.25) is 0 Å². The summed E-state index contributed by atoms with van der Waals surface area (Å²) in [6.07, 6.45) is 2.02. The molecule has 6 nitrogen and oxygen atoms in total. The first-order valence-electron chi connectivity index (χ1n) is 9.20. The third kappa shape index (κ3) is 5.47. The molecule has 0 radical (unpaired) electrons. The van der Waals surface area contributed by atoms with Gasteiger partial charge < -0.3 is 20.1 Å². The van der Waals surface area contributed by atoms with E-state index in [1.54, 1.807) is 42.5 Å². The summed E-state index contributed by atoms with van der Waals surface area (Å²) in [6, 6.07) is 12.1. The van der Waals surface area contributed by atoms with E-state index in [4.69, 9.17) is 21.1 Å². The second kappa shape index (κ2) is 9.57. The summed E-state index contributed by atoms with van der Waals surface area (Å²) in [4.78, 5) is 24.8. The number of para-hydroxylation sites is 1. The van der Waals surface area contributed by atoms with Gasteiger partial charge in [-0.15, -0.1) is 0 Å². The molecule has 2 aromatic rings. The lowest BCUT2D eigenvalue weighted by Gasteiger charge is -2.14. The van der Waals surface area contributed by atoms with Gasteiger partial charge in [-0.1, -0.05) is 23.7 Å². The van der Waals surface area contributed by atoms with Crippen molar-refractivity contribution in [1.82, 2.24) is 5.32 Å². The Balaban J connectivity index is 1.56. The van der Waals surface area contributed by atoms with Gasteiger partial charge in [0.1, 0.15) is 5.75 Å². The van der Waals surface area contributed by atoms with Crippen LogP contribution in [-0.2, 0) is 9.53 Å². The summed E-state index contributed by atoms with van der Waals surface area (Å²) in [5.74, 6) is -0.0488. The number of rotatable bonds is 7. The highest BCUT2D eigenvalue weighted by atomic mass is 35.5. The fraction of sp³-hybridized carbons (Fsp3) is 0.333. The minimum atomic E-state index is -0.355. The Morgan fingerprint density at radius 1 is 1.25 bits per heavy atom. The molecule has 7 heteroatoms. The van der Waals surface area contributed by atoms with Crippen LogP contribution in [0, 0.1) is 6.92 Å². The molecule has 1 fully saturated rings. The number of carbonyl (C=O) groups is 2. The Morgan fingerprint density at radius 2 is 2.07 bits per heavy atom. The zero-order valence-corrected chi connectivity index (χ0v) is 16.4. The lowest BCUT2D eigenvalue weighted by Crippen LogP contribution is -2.32. The van der Waals surface area contributed by atoms with Crippen molar-refractivity contribution in [2.24, 2.45) is 0 Å². The number of nitrogens with one attached hydrogen (secondary N) is 2. The normalized spacial score (nSPS) is 15.9. The molecule has 1 saturated heterocycles. The highest BCUT2D eigenvalue weighted by Gasteiger charge is 2.18. The van der Waals surface area contributed by atoms with Gasteiger partial charge >= 0.3 is 0 Å². The number of hydrogen-bond acceptors (Lipinski definition) is 4. The van der Waals surface area contributed by atoms with E-state index in [1.807, 2.05) is 6.92 Å². The van der Waals surface area contributed by atoms with Crippen molar-refractivity contribution in [1.29, 1.82) is 0 Å². The molecule has 0 spiro atoms. The van der Waals surface area contributed by atoms with Crippen molar-refractivity contribution in [3.63, 3.8) is 0 Å². The molecule has 1 heterocycles. The van der Waals surface area contributed by atoms with Crippen molar-refractivity contribution in [2.75, 3.05) is 25.1 Å². The topological polar surface area (TPSA) is 76.7 Å². The van der Waals surface area contributed by atoms with Crippen LogP contribution in [0.4, 0.5) is 5.69 Å². The van der Waals surface area contributed by atoms with Gasteiger partial charge in [-0.05, 0) is 55.7 Å². The van der Waals surface area contributed by atoms with Crippen molar-refractivity contribution in [3.05, 3.63) is 58.6 Å². The lowest BCUT2D eigenvalue weighted by atomic mass is 10.1. The number of anilines is 1. The molecule has 0 unspecified atom stereocenters. The van der Waals surface area contributed by atoms with Crippen LogP contribution >= 0.6 is 11.6 Å². The van der Waals surface area contributed by atoms with Crippen LogP contribution in [0.3, 0.4) is 0 Å². The highest BCUT2D eigenvalue weighted by molar-refractivity contribution is 6.31. The molecule has 0 saturated carbocycles. The van der Waals surface area contributed by atoms with Gasteiger partial charge in [0.05, 0.1) is 17.4 Å². The maximum atomic E-state index is 12.5. The predicted molar refractivity (Wildman–Crippen MR) is 108 cm³/mol. The fourth-order valence-electron chi connectivity index (χ4n) is 2.94. The third-order valence-electron chi connectivity index (χ3n) is 4.46. The predicted octanol–water partition coefficient (Wildman–Crippen LogP) is 3.57. The van der Waals surface area contributed by atoms with Crippen molar-refractivity contribution in [3.8, 4) is 5.75 Å². The maximum Gasteiger partial charge on any atom is 0.262 e. The second-order valence-electron chi connectivity index (χ2n) is 6.64. The Hall–Kier alpha value is -2.57. The maximum absolute atomic E-state index is 12.5. The molecule has 3 rings (SSSR count). The van der Waals surface area contributed by atoms with Crippen LogP contribution in [-0.4, -0.2) is 37.7 Å². The molecule has 1 aliphatic rings. The molecule has 2 aromatic carbocycles. The van der Waals surface area contributed by atoms with Crippen LogP contribution < -0.4 is 15.4 Å². The van der Waals surface area contributed by atoms with Crippen molar-refractivity contribution >= 4 is 29.1 Å². The van der Waals surface area contributed by atoms with Gasteiger partial charge in [-0.3, -0.25) is 9.59 Å². The number of ether oxygens (including phenoxy) is 2. The molecular weight excluding hydrogens is 380 g/mol. The molecule has 2 amide bonds. The smallest absolute Gasteiger partial charge is 0.262 e. The van der Waals surface area contributed by atoms with E-state index in [0.29, 0.717) is 28.6 Å². The standard InChI is InChI=1S/C21H23ClN2O4/c1-14-11-15(8-9-18(14)22)28-13-20(25)24-19-7-3-2-6-17(19)21(26)23-12-16-5-4-10-27-16/h2-3,6-9,11,16H,4-5,10,12-13H2,1H3,(H,23,26)(H,24,25)/t16-/m1/s1. The number of benzene rings is 2. The SMILES string of the molecule is Cc1cc(OCC(=O)Nc2ccccc2C(=O)NC[C@H]2CCCO2)ccc1Cl. The largest absolute Gasteiger partial charge is 0.484 e. The van der Waals surface area contributed by atoms with E-state index >= 15 is 0 Å². The van der Waals surface area contributed by atoms with Crippen molar-refractivity contribution < 1.29 is 19.1 Å². The zero-order valence-electron chi connectivity index (χ0n) is 15.7. The van der Waals surface area contributed by atoms with Crippen LogP contribution in [0.25, 0.3) is 0 Å². The number of halogens is 1. The molecule has 28 heavy (non-hydrogen) atoms. The Labute approximate surface area is 169 Å². The van der Waals surface area contributed by atoms with E-state index in [-0.39, 0.29) is 24.5 Å². The van der Waals surface area contributed by atoms with Gasteiger partial charge in [-0.2, -0.15) is 0 Å². The molecule has 0 aromatic heterocycles. The molecule has 148 valence electrons. The van der Waals surface area contributed by atoms with E-state index in [9.17, 15) is 9.59 Å². The molecule has 0 aliphatic carbocycles. The average molecular weight is 403 g/mol. The van der Waals surface area contributed by atoms with E-state index in [0.717, 1.165) is 25.0 Å². The van der Waals surface area contributed by atoms with Gasteiger partial charge in [0.25, 0.3) is 11.8 Å². The lowest BCUT2D eigenvalue weighted by molar-refractivity contribution is -0.118. The summed E-state index contributed by atoms with van der Waals surface area (Å²) in [6.45, 7) is 2.88. The minimum Gasteiger partial charge on any atom is -0.484 e. The Bertz CT molecular complexity index is 850. The molecule has 0 bridgehead atoms. The van der Waals surface area contributed by atoms with Gasteiger partial charge in [0.15, 0.2) is 6.61 Å². The number of carbonyl (C=O) groups excluding carboxylic acids is 2. The average Bonchev–Trinajstić information content (AvgIpc) is 3.21. The number of aryl methyl sites for hydroxylation is 1. The van der Waals surface area contributed by atoms with Crippen LogP contribution in [0.5, 0.6) is 5.75 Å². The van der Waals surface area contributed by atoms with Gasteiger partial charge in [0, 0.05) is 18.2 Å². The summed E-state index contributed by atoms with van der Waals surface area (Å²) in [5, 5.41) is 6.24. The summed E-state index contributed by atoms with van der Waals surface area (Å²) in [5.41, 5.74) is 1.71. The molecule has 1 aliphatic heterocycles. The molecule has 1 atom stereocenters. The summed E-state index contributed by atoms with van der Waals surface area (Å²) < 4.78 is 11.0. The van der Waals surface area contributed by atoms with Gasteiger partial charge in [-0.25, -0.2) is 0 Å². The van der Waals surface area contributed by atoms with E-state index in [2.05, 4.69) is 10.6 Å². The second-order valence-corrected chi connectivity index (χ2v) is 7.05. The first kappa shape index (κ1) is 20.2. The molecular formula is C21H23ClN2O4. The van der Waals surface area contributed by atoms with E-state index < -0.39 is 0 Å². The summed E-state index contributed by atoms with van der Waals surface area (Å²) in [7, 11) is 0. The molecule has 2 N–H and O–H groups in total. The Morgan fingerprint density at radius 3 is 2.82 bits per heavy atom. The third-order valence-corrected chi connectivity index (χ3v) is 4.88. The Kier molecular flexibility index (Phi) is 6.90. The quantitative estimate of drug-likeness (QED) is 0.742. The number of amides is 2. The van der Waals surface area contributed by atoms with Crippen LogP contribution in [0.2, 0.25) is 5.02 Å². The van der Waals surface area contributed by atoms with Crippen molar-refractivity contribution in [2.45, 2.75) is 25.9 Å². The first-order chi connectivity index (χ1) is 13.5. The zero-order chi connectivity index (χ0) is 19.9. The summed E-state index contributed by atoms with van der Waals surface area (Å²) >= 11 is 5.98. The fourth-order valence-corrected chi connectivity index (χ4v) is 3.06. The number of hydrogen-bond donors (Lipinski definition) is 2. The van der Waals surface area contributed by atoms with Crippen LogP contribution in [0.15, 0.2) is 42.5 Å². The monoisotopic (exact) mass is 402 g/mol. The highest BCUT2D eigenvalue weighted by Crippen LogP contribution is 2.21. The minimum absolute atomic E-state index is 0.0573. The van der Waals surface area contributed by atoms with E-state index in [1.165, 1.54) is 0 Å².